The van der Waals surface area contributed by atoms with E-state index in [1.54, 1.807) is 0 Å². The van der Waals surface area contributed by atoms with Crippen molar-refractivity contribution in [3.05, 3.63) is 0 Å². The maximum atomic E-state index is 12.0. The zero-order valence-electron chi connectivity index (χ0n) is 9.10. The molecule has 0 aromatic carbocycles. The fraction of sp³-hybridized carbons (Fsp3) is 0.778. The Hall–Kier alpha value is -1.47. The van der Waals surface area contributed by atoms with Crippen molar-refractivity contribution in [2.75, 3.05) is 0 Å². The minimum atomic E-state index is -4.36. The van der Waals surface area contributed by atoms with Crippen molar-refractivity contribution in [2.45, 2.75) is 43.9 Å². The van der Waals surface area contributed by atoms with Gasteiger partial charge in [0.15, 0.2) is 0 Å². The molecule has 1 unspecified atom stereocenters. The van der Waals surface area contributed by atoms with Gasteiger partial charge in [-0.2, -0.15) is 13.2 Å². The lowest BCUT2D eigenvalue weighted by Crippen LogP contribution is -2.50. The Morgan fingerprint density at radius 2 is 1.94 bits per heavy atom. The van der Waals surface area contributed by atoms with Crippen LogP contribution < -0.4 is 10.6 Å². The molecule has 1 fully saturated rings. The van der Waals surface area contributed by atoms with Crippen LogP contribution in [0.4, 0.5) is 18.0 Å². The maximum Gasteiger partial charge on any atom is 0.391 e. The van der Waals surface area contributed by atoms with E-state index < -0.39 is 36.2 Å². The lowest BCUT2D eigenvalue weighted by Gasteiger charge is -2.18. The first-order valence-electron chi connectivity index (χ1n) is 5.03. The number of carbonyl (C=O) groups is 2. The van der Waals surface area contributed by atoms with Gasteiger partial charge in [0.2, 0.25) is 0 Å². The Bertz CT molecular complexity index is 326. The van der Waals surface area contributed by atoms with Gasteiger partial charge in [0.1, 0.15) is 5.54 Å². The van der Waals surface area contributed by atoms with E-state index in [2.05, 4.69) is 10.6 Å². The molecule has 1 aliphatic carbocycles. The number of alkyl halides is 3. The van der Waals surface area contributed by atoms with Crippen molar-refractivity contribution in [1.82, 2.24) is 10.6 Å². The lowest BCUT2D eigenvalue weighted by atomic mass is 10.2. The third kappa shape index (κ3) is 4.12. The van der Waals surface area contributed by atoms with E-state index >= 15 is 0 Å². The Kier molecular flexibility index (Phi) is 3.53. The minimum absolute atomic E-state index is 0.295. The second-order valence-corrected chi connectivity index (χ2v) is 4.21. The predicted octanol–water partition coefficient (Wildman–Crippen LogP) is 1.24. The monoisotopic (exact) mass is 254 g/mol. The van der Waals surface area contributed by atoms with Crippen LogP contribution in [-0.2, 0) is 4.79 Å². The Morgan fingerprint density at radius 3 is 2.29 bits per heavy atom. The molecule has 98 valence electrons. The smallest absolute Gasteiger partial charge is 0.391 e. The van der Waals surface area contributed by atoms with Gasteiger partial charge in [-0.25, -0.2) is 9.59 Å². The molecule has 2 amide bonds. The highest BCUT2D eigenvalue weighted by molar-refractivity contribution is 5.88. The summed E-state index contributed by atoms with van der Waals surface area (Å²) in [5.41, 5.74) is -1.29. The van der Waals surface area contributed by atoms with Crippen LogP contribution >= 0.6 is 0 Å². The van der Waals surface area contributed by atoms with E-state index in [0.717, 1.165) is 0 Å². The number of rotatable bonds is 4. The molecule has 8 heteroatoms. The summed E-state index contributed by atoms with van der Waals surface area (Å²) in [5, 5.41) is 13.0. The second kappa shape index (κ2) is 4.42. The molecule has 1 saturated carbocycles. The predicted molar refractivity (Wildman–Crippen MR) is 51.4 cm³/mol. The molecule has 0 bridgehead atoms. The summed E-state index contributed by atoms with van der Waals surface area (Å²) in [5.74, 6) is -1.17. The molecule has 0 heterocycles. The molecule has 0 saturated heterocycles. The van der Waals surface area contributed by atoms with Gasteiger partial charge in [-0.05, 0) is 19.8 Å². The summed E-state index contributed by atoms with van der Waals surface area (Å²) < 4.78 is 35.9. The molecule has 1 rings (SSSR count). The molecule has 17 heavy (non-hydrogen) atoms. The number of aliphatic carboxylic acids is 1. The Labute approximate surface area is 95.4 Å². The summed E-state index contributed by atoms with van der Waals surface area (Å²) in [7, 11) is 0. The van der Waals surface area contributed by atoms with Crippen molar-refractivity contribution in [1.29, 1.82) is 0 Å². The van der Waals surface area contributed by atoms with Gasteiger partial charge in [0.05, 0.1) is 6.42 Å². The van der Waals surface area contributed by atoms with Crippen molar-refractivity contribution in [2.24, 2.45) is 0 Å². The molecular weight excluding hydrogens is 241 g/mol. The van der Waals surface area contributed by atoms with Crippen LogP contribution in [-0.4, -0.2) is 34.9 Å². The first-order chi connectivity index (χ1) is 7.65. The average molecular weight is 254 g/mol. The minimum Gasteiger partial charge on any atom is -0.480 e. The molecule has 0 aliphatic heterocycles. The highest BCUT2D eigenvalue weighted by atomic mass is 19.4. The number of carboxylic acids is 1. The van der Waals surface area contributed by atoms with E-state index in [-0.39, 0.29) is 0 Å². The summed E-state index contributed by atoms with van der Waals surface area (Å²) in [6, 6.07) is -1.98. The van der Waals surface area contributed by atoms with Crippen LogP contribution in [0.25, 0.3) is 0 Å². The van der Waals surface area contributed by atoms with Crippen molar-refractivity contribution in [3.8, 4) is 0 Å². The first kappa shape index (κ1) is 13.6. The van der Waals surface area contributed by atoms with Gasteiger partial charge in [0, 0.05) is 6.04 Å². The zero-order valence-corrected chi connectivity index (χ0v) is 9.10. The summed E-state index contributed by atoms with van der Waals surface area (Å²) in [6.45, 7) is 1.20. The molecule has 3 N–H and O–H groups in total. The number of hydrogen-bond acceptors (Lipinski definition) is 2. The van der Waals surface area contributed by atoms with Crippen molar-refractivity contribution < 1.29 is 27.9 Å². The molecule has 0 radical (unpaired) electrons. The van der Waals surface area contributed by atoms with E-state index in [1.165, 1.54) is 6.92 Å². The van der Waals surface area contributed by atoms with Gasteiger partial charge in [-0.3, -0.25) is 0 Å². The molecule has 5 nitrogen and oxygen atoms in total. The largest absolute Gasteiger partial charge is 0.480 e. The molecule has 1 aliphatic rings. The Morgan fingerprint density at radius 1 is 1.41 bits per heavy atom. The summed E-state index contributed by atoms with van der Waals surface area (Å²) in [6.07, 6.45) is -4.93. The van der Waals surface area contributed by atoms with Crippen LogP contribution in [0, 0.1) is 0 Å². The standard InChI is InChI=1S/C9H13F3N2O3/c1-5(4-9(10,11)12)13-7(17)14-8(2-3-8)6(15)16/h5H,2-4H2,1H3,(H,15,16)(H2,13,14,17). The van der Waals surface area contributed by atoms with Crippen LogP contribution in [0.3, 0.4) is 0 Å². The van der Waals surface area contributed by atoms with Gasteiger partial charge in [0.25, 0.3) is 0 Å². The third-order valence-corrected chi connectivity index (χ3v) is 2.43. The van der Waals surface area contributed by atoms with Gasteiger partial charge >= 0.3 is 18.2 Å². The number of carbonyl (C=O) groups excluding carboxylic acids is 1. The third-order valence-electron chi connectivity index (χ3n) is 2.43. The molecular formula is C9H13F3N2O3. The number of amides is 2. The van der Waals surface area contributed by atoms with Crippen LogP contribution in [0.1, 0.15) is 26.2 Å². The van der Waals surface area contributed by atoms with Crippen LogP contribution in [0.15, 0.2) is 0 Å². The highest BCUT2D eigenvalue weighted by Crippen LogP contribution is 2.35. The van der Waals surface area contributed by atoms with Gasteiger partial charge < -0.3 is 15.7 Å². The first-order valence-corrected chi connectivity index (χ1v) is 5.03. The van der Waals surface area contributed by atoms with Crippen LogP contribution in [0.5, 0.6) is 0 Å². The number of nitrogens with one attached hydrogen (secondary N) is 2. The normalized spacial score (nSPS) is 19.3. The van der Waals surface area contributed by atoms with Crippen molar-refractivity contribution in [3.63, 3.8) is 0 Å². The maximum absolute atomic E-state index is 12.0. The molecule has 0 aromatic rings. The topological polar surface area (TPSA) is 78.4 Å². The fourth-order valence-electron chi connectivity index (χ4n) is 1.39. The second-order valence-electron chi connectivity index (χ2n) is 4.21. The number of urea groups is 1. The number of carboxylic acid groups (broad SMARTS) is 1. The summed E-state index contributed by atoms with van der Waals surface area (Å²) >= 11 is 0. The molecule has 1 atom stereocenters. The van der Waals surface area contributed by atoms with Gasteiger partial charge in [-0.15, -0.1) is 0 Å². The van der Waals surface area contributed by atoms with E-state index in [1.807, 2.05) is 0 Å². The number of hydrogen-bond donors (Lipinski definition) is 3. The van der Waals surface area contributed by atoms with E-state index in [9.17, 15) is 22.8 Å². The molecule has 0 spiro atoms. The van der Waals surface area contributed by atoms with E-state index in [0.29, 0.717) is 12.8 Å². The van der Waals surface area contributed by atoms with Crippen molar-refractivity contribution >= 4 is 12.0 Å². The van der Waals surface area contributed by atoms with Gasteiger partial charge in [-0.1, -0.05) is 0 Å². The Balaban J connectivity index is 2.38. The quantitative estimate of drug-likeness (QED) is 0.706. The average Bonchev–Trinajstić information content (AvgIpc) is 2.80. The summed E-state index contributed by atoms with van der Waals surface area (Å²) in [4.78, 5) is 22.0. The number of halogens is 3. The van der Waals surface area contributed by atoms with Crippen LogP contribution in [0.2, 0.25) is 0 Å². The highest BCUT2D eigenvalue weighted by Gasteiger charge is 2.51. The SMILES string of the molecule is CC(CC(F)(F)F)NC(=O)NC1(C(=O)O)CC1. The molecule has 0 aromatic heterocycles. The lowest BCUT2D eigenvalue weighted by molar-refractivity contribution is -0.141. The van der Waals surface area contributed by atoms with E-state index in [4.69, 9.17) is 5.11 Å². The fourth-order valence-corrected chi connectivity index (χ4v) is 1.39. The zero-order chi connectivity index (χ0) is 13.3.